The van der Waals surface area contributed by atoms with Gasteiger partial charge in [0.15, 0.2) is 0 Å². The summed E-state index contributed by atoms with van der Waals surface area (Å²) in [4.78, 5) is 11.6. The minimum absolute atomic E-state index is 0.197. The summed E-state index contributed by atoms with van der Waals surface area (Å²) in [5.74, 6) is 0. The van der Waals surface area contributed by atoms with Crippen LogP contribution in [0.15, 0.2) is 30.3 Å². The van der Waals surface area contributed by atoms with Crippen molar-refractivity contribution in [3.8, 4) is 0 Å². The number of alkyl carbamates (subject to hydrolysis) is 1. The summed E-state index contributed by atoms with van der Waals surface area (Å²) in [5, 5.41) is 2.71. The first-order chi connectivity index (χ1) is 9.04. The van der Waals surface area contributed by atoms with Crippen molar-refractivity contribution < 1.29 is 18.3 Å². The van der Waals surface area contributed by atoms with E-state index in [2.05, 4.69) is 5.32 Å². The summed E-state index contributed by atoms with van der Waals surface area (Å²) in [6.45, 7) is 0.197. The van der Waals surface area contributed by atoms with Crippen molar-refractivity contribution in [1.82, 2.24) is 5.32 Å². The Morgan fingerprint density at radius 3 is 2.47 bits per heavy atom. The summed E-state index contributed by atoms with van der Waals surface area (Å²) in [6.07, 6.45) is -1.68. The average molecular weight is 267 g/mol. The molecule has 4 rings (SSSR count). The van der Waals surface area contributed by atoms with Gasteiger partial charge in [-0.25, -0.2) is 13.6 Å². The molecule has 3 aliphatic rings. The van der Waals surface area contributed by atoms with Gasteiger partial charge in [0.2, 0.25) is 6.43 Å². The number of benzene rings is 1. The number of ether oxygens (including phenoxy) is 1. The molecular weight excluding hydrogens is 252 g/mol. The number of amides is 1. The van der Waals surface area contributed by atoms with Crippen molar-refractivity contribution in [3.05, 3.63) is 35.9 Å². The summed E-state index contributed by atoms with van der Waals surface area (Å²) in [7, 11) is 0. The summed E-state index contributed by atoms with van der Waals surface area (Å²) in [5.41, 5.74) is -0.351. The van der Waals surface area contributed by atoms with Crippen molar-refractivity contribution in [2.24, 2.45) is 5.41 Å². The molecule has 2 bridgehead atoms. The van der Waals surface area contributed by atoms with Crippen LogP contribution in [0.5, 0.6) is 0 Å². The van der Waals surface area contributed by atoms with Crippen LogP contribution in [0.2, 0.25) is 0 Å². The van der Waals surface area contributed by atoms with E-state index in [1.807, 2.05) is 30.3 Å². The molecule has 1 aromatic rings. The van der Waals surface area contributed by atoms with Crippen LogP contribution < -0.4 is 5.32 Å². The van der Waals surface area contributed by atoms with Crippen molar-refractivity contribution in [1.29, 1.82) is 0 Å². The molecule has 3 fully saturated rings. The Labute approximate surface area is 109 Å². The quantitative estimate of drug-likeness (QED) is 0.910. The monoisotopic (exact) mass is 267 g/mol. The number of rotatable bonds is 4. The zero-order chi connectivity index (χ0) is 13.5. The van der Waals surface area contributed by atoms with E-state index in [4.69, 9.17) is 4.74 Å². The molecule has 1 aromatic carbocycles. The maximum absolute atomic E-state index is 12.6. The van der Waals surface area contributed by atoms with Gasteiger partial charge in [-0.15, -0.1) is 0 Å². The van der Waals surface area contributed by atoms with Crippen LogP contribution in [0.4, 0.5) is 13.6 Å². The van der Waals surface area contributed by atoms with E-state index in [0.717, 1.165) is 5.56 Å². The van der Waals surface area contributed by atoms with Gasteiger partial charge in [0, 0.05) is 11.0 Å². The largest absolute Gasteiger partial charge is 0.445 e. The second kappa shape index (κ2) is 4.18. The number of hydrogen-bond donors (Lipinski definition) is 1. The van der Waals surface area contributed by atoms with E-state index in [0.29, 0.717) is 19.3 Å². The van der Waals surface area contributed by atoms with Crippen molar-refractivity contribution in [2.75, 3.05) is 0 Å². The Kier molecular flexibility index (Phi) is 2.73. The maximum atomic E-state index is 12.6. The van der Waals surface area contributed by atoms with Gasteiger partial charge >= 0.3 is 6.09 Å². The number of carbonyl (C=O) groups excluding carboxylic acids is 1. The van der Waals surface area contributed by atoms with Crippen molar-refractivity contribution in [3.63, 3.8) is 0 Å². The van der Waals surface area contributed by atoms with Gasteiger partial charge in [-0.2, -0.15) is 0 Å². The van der Waals surface area contributed by atoms with Gasteiger partial charge < -0.3 is 10.1 Å². The zero-order valence-electron chi connectivity index (χ0n) is 10.4. The number of hydrogen-bond acceptors (Lipinski definition) is 2. The fourth-order valence-electron chi connectivity index (χ4n) is 3.21. The average Bonchev–Trinajstić information content (AvgIpc) is 2.30. The lowest BCUT2D eigenvalue weighted by Gasteiger charge is -2.69. The summed E-state index contributed by atoms with van der Waals surface area (Å²) >= 11 is 0. The molecule has 19 heavy (non-hydrogen) atoms. The zero-order valence-corrected chi connectivity index (χ0v) is 10.4. The van der Waals surface area contributed by atoms with E-state index in [1.165, 1.54) is 0 Å². The first-order valence-electron chi connectivity index (χ1n) is 6.31. The van der Waals surface area contributed by atoms with E-state index in [1.54, 1.807) is 0 Å². The molecule has 0 aromatic heterocycles. The highest BCUT2D eigenvalue weighted by Crippen LogP contribution is 2.69. The molecule has 3 aliphatic carbocycles. The van der Waals surface area contributed by atoms with Crippen LogP contribution in [0.25, 0.3) is 0 Å². The number of alkyl halides is 2. The van der Waals surface area contributed by atoms with Crippen molar-refractivity contribution >= 4 is 6.09 Å². The molecule has 0 spiro atoms. The first kappa shape index (κ1) is 12.4. The Morgan fingerprint density at radius 2 is 1.89 bits per heavy atom. The van der Waals surface area contributed by atoms with Gasteiger partial charge in [0.1, 0.15) is 6.61 Å². The van der Waals surface area contributed by atoms with Crippen LogP contribution >= 0.6 is 0 Å². The van der Waals surface area contributed by atoms with Crippen LogP contribution in [0, 0.1) is 5.41 Å². The normalized spacial score (nSPS) is 31.3. The molecule has 0 unspecified atom stereocenters. The molecular formula is C14H15F2NO2. The molecule has 0 saturated heterocycles. The molecule has 1 amide bonds. The molecule has 0 radical (unpaired) electrons. The second-order valence-electron chi connectivity index (χ2n) is 5.66. The van der Waals surface area contributed by atoms with E-state index in [-0.39, 0.29) is 6.61 Å². The topological polar surface area (TPSA) is 38.3 Å². The molecule has 3 nitrogen and oxygen atoms in total. The Morgan fingerprint density at radius 1 is 1.26 bits per heavy atom. The Balaban J connectivity index is 1.44. The molecule has 5 heteroatoms. The van der Waals surface area contributed by atoms with Gasteiger partial charge in [-0.3, -0.25) is 0 Å². The van der Waals surface area contributed by atoms with Crippen LogP contribution in [-0.2, 0) is 11.3 Å². The third-order valence-electron chi connectivity index (χ3n) is 4.11. The van der Waals surface area contributed by atoms with Crippen LogP contribution in [-0.4, -0.2) is 18.1 Å². The summed E-state index contributed by atoms with van der Waals surface area (Å²) in [6, 6.07) is 9.34. The molecule has 1 N–H and O–H groups in total. The third kappa shape index (κ3) is 2.07. The number of carbonyl (C=O) groups is 1. The fourth-order valence-corrected chi connectivity index (χ4v) is 3.21. The SMILES string of the molecule is O=C(NC12CC(C(F)F)(C1)C2)OCc1ccccc1. The summed E-state index contributed by atoms with van der Waals surface area (Å²) < 4.78 is 30.4. The lowest BCUT2D eigenvalue weighted by molar-refractivity contribution is -0.225. The van der Waals surface area contributed by atoms with Crippen molar-refractivity contribution in [2.45, 2.75) is 37.8 Å². The lowest BCUT2D eigenvalue weighted by Crippen LogP contribution is -2.76. The molecule has 0 atom stereocenters. The smallest absolute Gasteiger partial charge is 0.407 e. The van der Waals surface area contributed by atoms with E-state index in [9.17, 15) is 13.6 Å². The van der Waals surface area contributed by atoms with Gasteiger partial charge in [-0.1, -0.05) is 30.3 Å². The molecule has 0 heterocycles. The highest BCUT2D eigenvalue weighted by atomic mass is 19.3. The van der Waals surface area contributed by atoms with E-state index >= 15 is 0 Å². The minimum atomic E-state index is -2.28. The maximum Gasteiger partial charge on any atom is 0.407 e. The Bertz CT molecular complexity index is 470. The molecule has 0 aliphatic heterocycles. The number of halogens is 2. The highest BCUT2D eigenvalue weighted by molar-refractivity contribution is 5.69. The second-order valence-corrected chi connectivity index (χ2v) is 5.66. The predicted octanol–water partition coefficient (Wildman–Crippen LogP) is 3.10. The first-order valence-corrected chi connectivity index (χ1v) is 6.31. The third-order valence-corrected chi connectivity index (χ3v) is 4.11. The fraction of sp³-hybridized carbons (Fsp3) is 0.500. The number of nitrogens with one attached hydrogen (secondary N) is 1. The standard InChI is InChI=1S/C14H15F2NO2/c15-11(16)13-7-14(8-13,9-13)17-12(18)19-6-10-4-2-1-3-5-10/h1-5,11H,6-9H2,(H,17,18). The van der Waals surface area contributed by atoms with Gasteiger partial charge in [0.05, 0.1) is 0 Å². The van der Waals surface area contributed by atoms with Crippen LogP contribution in [0.1, 0.15) is 24.8 Å². The molecule has 3 saturated carbocycles. The highest BCUT2D eigenvalue weighted by Gasteiger charge is 2.72. The van der Waals surface area contributed by atoms with Gasteiger partial charge in [0.25, 0.3) is 0 Å². The van der Waals surface area contributed by atoms with Gasteiger partial charge in [-0.05, 0) is 24.8 Å². The predicted molar refractivity (Wildman–Crippen MR) is 64.8 cm³/mol. The minimum Gasteiger partial charge on any atom is -0.445 e. The van der Waals surface area contributed by atoms with Crippen LogP contribution in [0.3, 0.4) is 0 Å². The van der Waals surface area contributed by atoms with E-state index < -0.39 is 23.5 Å². The Hall–Kier alpha value is -1.65. The molecule has 102 valence electrons. The lowest BCUT2D eigenvalue weighted by atomic mass is 9.39.